The zero-order valence-electron chi connectivity index (χ0n) is 11.4. The summed E-state index contributed by atoms with van der Waals surface area (Å²) in [7, 11) is 1.56. The third-order valence-electron chi connectivity index (χ3n) is 3.28. The molecule has 2 aromatic heterocycles. The lowest BCUT2D eigenvalue weighted by atomic mass is 10.1. The van der Waals surface area contributed by atoms with E-state index in [1.165, 1.54) is 0 Å². The molecule has 21 heavy (non-hydrogen) atoms. The van der Waals surface area contributed by atoms with Crippen molar-refractivity contribution in [3.8, 4) is 5.88 Å². The summed E-state index contributed by atoms with van der Waals surface area (Å²) < 4.78 is 10.7. The molecule has 1 N–H and O–H groups in total. The highest BCUT2D eigenvalue weighted by Crippen LogP contribution is 2.30. The fourth-order valence-electron chi connectivity index (χ4n) is 2.19. The van der Waals surface area contributed by atoms with Gasteiger partial charge < -0.3 is 14.3 Å². The fraction of sp³-hybridized carbons (Fsp3) is 0.188. The Kier molecular flexibility index (Phi) is 3.82. The van der Waals surface area contributed by atoms with Crippen molar-refractivity contribution in [1.82, 2.24) is 4.98 Å². The zero-order chi connectivity index (χ0) is 14.8. The molecule has 3 aromatic rings. The van der Waals surface area contributed by atoms with Crippen LogP contribution >= 0.6 is 11.6 Å². The highest BCUT2D eigenvalue weighted by atomic mass is 35.5. The van der Waals surface area contributed by atoms with Crippen molar-refractivity contribution in [3.05, 3.63) is 58.9 Å². The van der Waals surface area contributed by atoms with E-state index in [2.05, 4.69) is 4.98 Å². The summed E-state index contributed by atoms with van der Waals surface area (Å²) in [5, 5.41) is 11.7. The van der Waals surface area contributed by atoms with E-state index in [9.17, 15) is 5.11 Å². The van der Waals surface area contributed by atoms with Gasteiger partial charge in [0.15, 0.2) is 5.58 Å². The average Bonchev–Trinajstić information content (AvgIpc) is 2.94. The Morgan fingerprint density at radius 2 is 2.19 bits per heavy atom. The van der Waals surface area contributed by atoms with Gasteiger partial charge in [0.2, 0.25) is 5.88 Å². The van der Waals surface area contributed by atoms with Gasteiger partial charge in [0.05, 0.1) is 12.1 Å². The van der Waals surface area contributed by atoms with Crippen molar-refractivity contribution in [2.45, 2.75) is 12.5 Å². The number of aromatic nitrogens is 1. The monoisotopic (exact) mass is 303 g/mol. The molecule has 0 spiro atoms. The Morgan fingerprint density at radius 1 is 1.33 bits per heavy atom. The molecule has 0 saturated heterocycles. The number of pyridine rings is 1. The molecule has 3 rings (SSSR count). The minimum Gasteiger partial charge on any atom is -0.481 e. The molecule has 108 valence electrons. The minimum atomic E-state index is -0.747. The number of aliphatic hydroxyl groups is 1. The van der Waals surface area contributed by atoms with Crippen LogP contribution in [0.15, 0.2) is 47.0 Å². The standard InChI is InChI=1S/C16H14ClNO3/c1-20-15-6-5-10(9-18-15)7-13(19)14-8-11-3-2-4-12(17)16(11)21-14/h2-6,8-9,13,19H,7H2,1H3. The molecule has 4 nitrogen and oxygen atoms in total. The number of benzene rings is 1. The number of nitrogens with zero attached hydrogens (tertiary/aromatic N) is 1. The first-order valence-electron chi connectivity index (χ1n) is 6.52. The van der Waals surface area contributed by atoms with E-state index in [1.807, 2.05) is 24.3 Å². The lowest BCUT2D eigenvalue weighted by molar-refractivity contribution is 0.152. The lowest BCUT2D eigenvalue weighted by Gasteiger charge is -2.07. The predicted molar refractivity (Wildman–Crippen MR) is 80.7 cm³/mol. The van der Waals surface area contributed by atoms with Crippen LogP contribution in [0.5, 0.6) is 5.88 Å². The van der Waals surface area contributed by atoms with Gasteiger partial charge >= 0.3 is 0 Å². The number of halogens is 1. The molecule has 0 amide bonds. The Bertz CT molecular complexity index is 752. The molecule has 1 aromatic carbocycles. The van der Waals surface area contributed by atoms with Crippen LogP contribution in [0.2, 0.25) is 5.02 Å². The molecule has 5 heteroatoms. The summed E-state index contributed by atoms with van der Waals surface area (Å²) >= 11 is 6.07. The van der Waals surface area contributed by atoms with E-state index < -0.39 is 6.10 Å². The topological polar surface area (TPSA) is 55.5 Å². The molecule has 2 heterocycles. The van der Waals surface area contributed by atoms with E-state index in [0.29, 0.717) is 28.7 Å². The van der Waals surface area contributed by atoms with Gasteiger partial charge in [-0.2, -0.15) is 0 Å². The van der Waals surface area contributed by atoms with Gasteiger partial charge in [-0.25, -0.2) is 4.98 Å². The molecule has 0 aliphatic carbocycles. The Balaban J connectivity index is 1.82. The summed E-state index contributed by atoms with van der Waals surface area (Å²) in [6, 6.07) is 10.9. The second-order valence-corrected chi connectivity index (χ2v) is 5.14. The van der Waals surface area contributed by atoms with Crippen LogP contribution in [0.4, 0.5) is 0 Å². The molecule has 0 bridgehead atoms. The van der Waals surface area contributed by atoms with Crippen molar-refractivity contribution in [1.29, 1.82) is 0 Å². The molecule has 0 fully saturated rings. The molecule has 0 saturated carbocycles. The van der Waals surface area contributed by atoms with E-state index in [1.54, 1.807) is 25.4 Å². The summed E-state index contributed by atoms with van der Waals surface area (Å²) in [5.41, 5.74) is 1.50. The van der Waals surface area contributed by atoms with Crippen LogP contribution < -0.4 is 4.74 Å². The molecule has 1 unspecified atom stereocenters. The van der Waals surface area contributed by atoms with Crippen molar-refractivity contribution >= 4 is 22.6 Å². The maximum atomic E-state index is 10.3. The number of ether oxygens (including phenoxy) is 1. The molecular formula is C16H14ClNO3. The maximum absolute atomic E-state index is 10.3. The van der Waals surface area contributed by atoms with E-state index in [-0.39, 0.29) is 0 Å². The first kappa shape index (κ1) is 13.9. The van der Waals surface area contributed by atoms with Gasteiger partial charge in [0, 0.05) is 24.1 Å². The minimum absolute atomic E-state index is 0.411. The number of methoxy groups -OCH3 is 1. The first-order valence-corrected chi connectivity index (χ1v) is 6.90. The highest BCUT2D eigenvalue weighted by Gasteiger charge is 2.15. The van der Waals surface area contributed by atoms with Crippen LogP contribution in [-0.2, 0) is 6.42 Å². The van der Waals surface area contributed by atoms with E-state index >= 15 is 0 Å². The van der Waals surface area contributed by atoms with Gasteiger partial charge in [-0.1, -0.05) is 29.8 Å². The van der Waals surface area contributed by atoms with Crippen LogP contribution in [0.25, 0.3) is 11.0 Å². The molecule has 1 atom stereocenters. The zero-order valence-corrected chi connectivity index (χ0v) is 12.2. The number of hydrogen-bond acceptors (Lipinski definition) is 4. The van der Waals surface area contributed by atoms with Gasteiger partial charge in [0.1, 0.15) is 11.9 Å². The van der Waals surface area contributed by atoms with Crippen LogP contribution in [0.3, 0.4) is 0 Å². The smallest absolute Gasteiger partial charge is 0.212 e. The first-order chi connectivity index (χ1) is 10.2. The third-order valence-corrected chi connectivity index (χ3v) is 3.58. The number of furan rings is 1. The van der Waals surface area contributed by atoms with Gasteiger partial charge in [-0.15, -0.1) is 0 Å². The fourth-order valence-corrected chi connectivity index (χ4v) is 2.41. The second-order valence-electron chi connectivity index (χ2n) is 4.74. The maximum Gasteiger partial charge on any atom is 0.212 e. The third kappa shape index (κ3) is 2.86. The van der Waals surface area contributed by atoms with Crippen LogP contribution in [0.1, 0.15) is 17.4 Å². The summed E-state index contributed by atoms with van der Waals surface area (Å²) in [6.45, 7) is 0. The predicted octanol–water partition coefficient (Wildman–Crippen LogP) is 3.77. The van der Waals surface area contributed by atoms with Crippen molar-refractivity contribution in [3.63, 3.8) is 0 Å². The Morgan fingerprint density at radius 3 is 2.86 bits per heavy atom. The van der Waals surface area contributed by atoms with E-state index in [4.69, 9.17) is 20.8 Å². The van der Waals surface area contributed by atoms with Crippen LogP contribution in [0, 0.1) is 0 Å². The Hall–Kier alpha value is -2.04. The number of rotatable bonds is 4. The SMILES string of the molecule is COc1ccc(CC(O)c2cc3cccc(Cl)c3o2)cn1. The quantitative estimate of drug-likeness (QED) is 0.797. The number of aliphatic hydroxyl groups excluding tert-OH is 1. The van der Waals surface area contributed by atoms with Crippen molar-refractivity contribution in [2.75, 3.05) is 7.11 Å². The van der Waals surface area contributed by atoms with Gasteiger partial charge in [0.25, 0.3) is 0 Å². The number of para-hydroxylation sites is 1. The molecule has 0 aliphatic heterocycles. The normalized spacial score (nSPS) is 12.5. The van der Waals surface area contributed by atoms with E-state index in [0.717, 1.165) is 10.9 Å². The second kappa shape index (κ2) is 5.76. The van der Waals surface area contributed by atoms with Crippen molar-refractivity contribution in [2.24, 2.45) is 0 Å². The highest BCUT2D eigenvalue weighted by molar-refractivity contribution is 6.34. The number of hydrogen-bond donors (Lipinski definition) is 1. The summed E-state index contributed by atoms with van der Waals surface area (Å²) in [4.78, 5) is 4.12. The average molecular weight is 304 g/mol. The lowest BCUT2D eigenvalue weighted by Crippen LogP contribution is -2.01. The van der Waals surface area contributed by atoms with Crippen molar-refractivity contribution < 1.29 is 14.3 Å². The summed E-state index contributed by atoms with van der Waals surface area (Å²) in [6.07, 6.45) is 1.34. The molecule has 0 radical (unpaired) electrons. The number of fused-ring (bicyclic) bond motifs is 1. The van der Waals surface area contributed by atoms with Gasteiger partial charge in [-0.3, -0.25) is 0 Å². The van der Waals surface area contributed by atoms with Crippen LogP contribution in [-0.4, -0.2) is 17.2 Å². The summed E-state index contributed by atoms with van der Waals surface area (Å²) in [5.74, 6) is 1.04. The molecule has 0 aliphatic rings. The largest absolute Gasteiger partial charge is 0.481 e. The van der Waals surface area contributed by atoms with Gasteiger partial charge in [-0.05, 0) is 17.7 Å². The Labute approximate surface area is 126 Å². The molecular weight excluding hydrogens is 290 g/mol.